The Kier molecular flexibility index (Phi) is 4.62. The van der Waals surface area contributed by atoms with Crippen molar-refractivity contribution in [2.75, 3.05) is 13.1 Å². The molecule has 0 saturated carbocycles. The van der Waals surface area contributed by atoms with Gasteiger partial charge in [-0.05, 0) is 13.0 Å². The Labute approximate surface area is 125 Å². The van der Waals surface area contributed by atoms with E-state index in [0.717, 1.165) is 10.1 Å². The van der Waals surface area contributed by atoms with Crippen LogP contribution >= 0.6 is 22.9 Å². The average Bonchev–Trinajstić information content (AvgIpc) is 2.77. The average molecular weight is 312 g/mol. The van der Waals surface area contributed by atoms with Crippen molar-refractivity contribution in [1.82, 2.24) is 4.90 Å². The second-order valence-corrected chi connectivity index (χ2v) is 5.70. The quantitative estimate of drug-likeness (QED) is 0.919. The minimum atomic E-state index is -0.918. The van der Waals surface area contributed by atoms with Gasteiger partial charge in [-0.15, -0.1) is 11.3 Å². The van der Waals surface area contributed by atoms with Crippen LogP contribution in [0.1, 0.15) is 23.0 Å². The molecule has 1 aromatic heterocycles. The molecule has 0 aliphatic rings. The van der Waals surface area contributed by atoms with Crippen molar-refractivity contribution in [3.05, 3.63) is 34.2 Å². The smallest absolute Gasteiger partial charge is 0.305 e. The van der Waals surface area contributed by atoms with Crippen LogP contribution in [-0.2, 0) is 4.79 Å². The molecule has 0 spiro atoms. The van der Waals surface area contributed by atoms with Gasteiger partial charge in [0.05, 0.1) is 11.4 Å². The van der Waals surface area contributed by atoms with Crippen molar-refractivity contribution in [2.24, 2.45) is 0 Å². The van der Waals surface area contributed by atoms with Crippen LogP contribution in [0.4, 0.5) is 0 Å². The van der Waals surface area contributed by atoms with Crippen LogP contribution in [0.5, 0.6) is 0 Å². The van der Waals surface area contributed by atoms with E-state index in [9.17, 15) is 9.59 Å². The molecule has 1 heterocycles. The Morgan fingerprint density at radius 3 is 2.65 bits per heavy atom. The number of carboxylic acids is 1. The third-order valence-electron chi connectivity index (χ3n) is 2.99. The van der Waals surface area contributed by atoms with Gasteiger partial charge < -0.3 is 10.0 Å². The fourth-order valence-corrected chi connectivity index (χ4v) is 3.41. The number of nitrogens with zero attached hydrogens (tertiary/aromatic N) is 1. The molecule has 2 aromatic rings. The number of hydrogen-bond acceptors (Lipinski definition) is 3. The fourth-order valence-electron chi connectivity index (χ4n) is 1.93. The lowest BCUT2D eigenvalue weighted by molar-refractivity contribution is -0.137. The Balaban J connectivity index is 2.29. The van der Waals surface area contributed by atoms with E-state index in [-0.39, 0.29) is 18.9 Å². The van der Waals surface area contributed by atoms with E-state index in [1.807, 2.05) is 31.2 Å². The molecule has 0 atom stereocenters. The molecule has 0 aliphatic heterocycles. The highest BCUT2D eigenvalue weighted by Gasteiger charge is 2.21. The van der Waals surface area contributed by atoms with Gasteiger partial charge in [-0.1, -0.05) is 29.8 Å². The second kappa shape index (κ2) is 6.24. The Morgan fingerprint density at radius 2 is 2.05 bits per heavy atom. The molecule has 1 N–H and O–H groups in total. The van der Waals surface area contributed by atoms with Crippen LogP contribution in [0, 0.1) is 0 Å². The first kappa shape index (κ1) is 14.8. The minimum Gasteiger partial charge on any atom is -0.481 e. The fraction of sp³-hybridized carbons (Fsp3) is 0.286. The number of benzene rings is 1. The van der Waals surface area contributed by atoms with Crippen molar-refractivity contribution < 1.29 is 14.7 Å². The predicted molar refractivity (Wildman–Crippen MR) is 80.7 cm³/mol. The number of halogens is 1. The molecule has 20 heavy (non-hydrogen) atoms. The summed E-state index contributed by atoms with van der Waals surface area (Å²) >= 11 is 7.60. The number of thiophene rings is 1. The maximum atomic E-state index is 12.4. The van der Waals surface area contributed by atoms with Gasteiger partial charge in [-0.2, -0.15) is 0 Å². The van der Waals surface area contributed by atoms with E-state index < -0.39 is 5.97 Å². The summed E-state index contributed by atoms with van der Waals surface area (Å²) in [5.41, 5.74) is 0. The Morgan fingerprint density at radius 1 is 1.35 bits per heavy atom. The van der Waals surface area contributed by atoms with E-state index in [2.05, 4.69) is 0 Å². The third kappa shape index (κ3) is 2.94. The largest absolute Gasteiger partial charge is 0.481 e. The lowest BCUT2D eigenvalue weighted by Crippen LogP contribution is -2.32. The zero-order chi connectivity index (χ0) is 14.7. The van der Waals surface area contributed by atoms with Gasteiger partial charge in [-0.25, -0.2) is 0 Å². The maximum absolute atomic E-state index is 12.4. The molecular formula is C14H14ClNO3S. The predicted octanol–water partition coefficient (Wildman–Crippen LogP) is 3.49. The lowest BCUT2D eigenvalue weighted by Gasteiger charge is -2.19. The molecule has 0 bridgehead atoms. The summed E-state index contributed by atoms with van der Waals surface area (Å²) < 4.78 is 0.954. The number of carbonyl (C=O) groups is 2. The van der Waals surface area contributed by atoms with Crippen LogP contribution < -0.4 is 0 Å². The second-order valence-electron chi connectivity index (χ2n) is 4.27. The molecule has 0 aliphatic carbocycles. The van der Waals surface area contributed by atoms with Crippen molar-refractivity contribution in [3.8, 4) is 0 Å². The number of carbonyl (C=O) groups excluding carboxylic acids is 1. The maximum Gasteiger partial charge on any atom is 0.305 e. The van der Waals surface area contributed by atoms with Crippen LogP contribution in [-0.4, -0.2) is 35.0 Å². The van der Waals surface area contributed by atoms with Crippen molar-refractivity contribution in [2.45, 2.75) is 13.3 Å². The molecular weight excluding hydrogens is 298 g/mol. The highest BCUT2D eigenvalue weighted by Crippen LogP contribution is 2.35. The van der Waals surface area contributed by atoms with E-state index in [1.165, 1.54) is 16.2 Å². The molecule has 6 heteroatoms. The first-order valence-electron chi connectivity index (χ1n) is 6.22. The summed E-state index contributed by atoms with van der Waals surface area (Å²) in [5.74, 6) is -1.13. The molecule has 0 radical (unpaired) electrons. The molecule has 106 valence electrons. The molecule has 0 fully saturated rings. The molecule has 1 aromatic carbocycles. The van der Waals surface area contributed by atoms with Crippen molar-refractivity contribution >= 4 is 44.9 Å². The highest BCUT2D eigenvalue weighted by atomic mass is 35.5. The highest BCUT2D eigenvalue weighted by molar-refractivity contribution is 7.21. The molecule has 0 unspecified atom stereocenters. The van der Waals surface area contributed by atoms with E-state index in [4.69, 9.17) is 16.7 Å². The summed E-state index contributed by atoms with van der Waals surface area (Å²) in [6.45, 7) is 2.47. The summed E-state index contributed by atoms with van der Waals surface area (Å²) in [5, 5.41) is 10.0. The number of carboxylic acid groups (broad SMARTS) is 1. The standard InChI is InChI=1S/C14H14ClNO3S/c1-2-16(8-7-11(17)18)14(19)13-12(15)9-5-3-4-6-10(9)20-13/h3-6H,2,7-8H2,1H3,(H,17,18). The Hall–Kier alpha value is -1.59. The van der Waals surface area contributed by atoms with E-state index in [0.29, 0.717) is 16.4 Å². The number of hydrogen-bond donors (Lipinski definition) is 1. The van der Waals surface area contributed by atoms with Crippen LogP contribution in [0.2, 0.25) is 5.02 Å². The number of rotatable bonds is 5. The lowest BCUT2D eigenvalue weighted by atomic mass is 10.2. The van der Waals surface area contributed by atoms with Gasteiger partial charge in [-0.3, -0.25) is 9.59 Å². The van der Waals surface area contributed by atoms with Crippen molar-refractivity contribution in [1.29, 1.82) is 0 Å². The number of fused-ring (bicyclic) bond motifs is 1. The van der Waals surface area contributed by atoms with Gasteiger partial charge in [0, 0.05) is 23.2 Å². The summed E-state index contributed by atoms with van der Waals surface area (Å²) in [6.07, 6.45) is -0.0674. The first-order chi connectivity index (χ1) is 9.54. The molecule has 1 amide bonds. The van der Waals surface area contributed by atoms with Gasteiger partial charge in [0.25, 0.3) is 5.91 Å². The van der Waals surface area contributed by atoms with E-state index >= 15 is 0 Å². The zero-order valence-electron chi connectivity index (χ0n) is 10.9. The molecule has 0 saturated heterocycles. The Bertz CT molecular complexity index is 653. The minimum absolute atomic E-state index is 0.0674. The van der Waals surface area contributed by atoms with Gasteiger partial charge >= 0.3 is 5.97 Å². The van der Waals surface area contributed by atoms with Gasteiger partial charge in [0.2, 0.25) is 0 Å². The van der Waals surface area contributed by atoms with E-state index in [1.54, 1.807) is 0 Å². The summed E-state index contributed by atoms with van der Waals surface area (Å²) in [7, 11) is 0. The van der Waals surface area contributed by atoms with Crippen molar-refractivity contribution in [3.63, 3.8) is 0 Å². The summed E-state index contributed by atoms with van der Waals surface area (Å²) in [4.78, 5) is 25.0. The summed E-state index contributed by atoms with van der Waals surface area (Å²) in [6, 6.07) is 7.55. The van der Waals surface area contributed by atoms with Crippen LogP contribution in [0.15, 0.2) is 24.3 Å². The zero-order valence-corrected chi connectivity index (χ0v) is 12.5. The molecule has 4 nitrogen and oxygen atoms in total. The monoisotopic (exact) mass is 311 g/mol. The topological polar surface area (TPSA) is 57.6 Å². The van der Waals surface area contributed by atoms with Gasteiger partial charge in [0.1, 0.15) is 4.88 Å². The van der Waals surface area contributed by atoms with Gasteiger partial charge in [0.15, 0.2) is 0 Å². The van der Waals surface area contributed by atoms with Crippen LogP contribution in [0.25, 0.3) is 10.1 Å². The number of amides is 1. The normalized spacial score (nSPS) is 10.7. The SMILES string of the molecule is CCN(CCC(=O)O)C(=O)c1sc2ccccc2c1Cl. The third-order valence-corrected chi connectivity index (χ3v) is 4.66. The van der Waals surface area contributed by atoms with Crippen LogP contribution in [0.3, 0.4) is 0 Å². The molecule has 2 rings (SSSR count). The number of aliphatic carboxylic acids is 1. The first-order valence-corrected chi connectivity index (χ1v) is 7.42.